The Balaban J connectivity index is 1.81. The fraction of sp³-hybridized carbons (Fsp3) is 0.118. The lowest BCUT2D eigenvalue weighted by Crippen LogP contribution is -2.21. The lowest BCUT2D eigenvalue weighted by Gasteiger charge is -2.09. The van der Waals surface area contributed by atoms with Crippen molar-refractivity contribution in [2.75, 3.05) is 23.8 Å². The summed E-state index contributed by atoms with van der Waals surface area (Å²) in [6.45, 7) is -0.105. The molecule has 0 saturated carbocycles. The first-order chi connectivity index (χ1) is 11.6. The summed E-state index contributed by atoms with van der Waals surface area (Å²) in [5.74, 6) is -0.283. The third-order valence-corrected chi connectivity index (χ3v) is 2.99. The Bertz CT molecular complexity index is 749. The SMILES string of the molecule is N#Cc1ccc(NCC(=O)Nc2ccc(OCC(N)=O)cc2)cc1. The van der Waals surface area contributed by atoms with E-state index in [1.165, 1.54) is 0 Å². The molecule has 24 heavy (non-hydrogen) atoms. The largest absolute Gasteiger partial charge is 0.484 e. The average Bonchev–Trinajstić information content (AvgIpc) is 2.60. The van der Waals surface area contributed by atoms with Gasteiger partial charge in [0.25, 0.3) is 5.91 Å². The molecule has 0 atom stereocenters. The molecule has 0 bridgehead atoms. The van der Waals surface area contributed by atoms with Gasteiger partial charge in [0.05, 0.1) is 18.2 Å². The Kier molecular flexibility index (Phi) is 5.75. The van der Waals surface area contributed by atoms with Crippen molar-refractivity contribution in [3.63, 3.8) is 0 Å². The molecular formula is C17H16N4O3. The number of primary amides is 1. The predicted molar refractivity (Wildman–Crippen MR) is 89.4 cm³/mol. The number of hydrogen-bond acceptors (Lipinski definition) is 5. The average molecular weight is 324 g/mol. The summed E-state index contributed by atoms with van der Waals surface area (Å²) >= 11 is 0. The van der Waals surface area contributed by atoms with Crippen LogP contribution in [0.4, 0.5) is 11.4 Å². The molecule has 0 saturated heterocycles. The van der Waals surface area contributed by atoms with Crippen molar-refractivity contribution in [2.45, 2.75) is 0 Å². The maximum atomic E-state index is 11.9. The molecule has 0 aromatic heterocycles. The second-order valence-corrected chi connectivity index (χ2v) is 4.87. The molecule has 2 amide bonds. The minimum absolute atomic E-state index is 0.0891. The summed E-state index contributed by atoms with van der Waals surface area (Å²) < 4.78 is 5.13. The quantitative estimate of drug-likeness (QED) is 0.713. The van der Waals surface area contributed by atoms with Gasteiger partial charge >= 0.3 is 0 Å². The molecule has 2 aromatic rings. The van der Waals surface area contributed by atoms with Gasteiger partial charge in [0.2, 0.25) is 5.91 Å². The van der Waals surface area contributed by atoms with Gasteiger partial charge in [-0.2, -0.15) is 5.26 Å². The molecule has 0 fully saturated rings. The molecule has 0 radical (unpaired) electrons. The Labute approximate surface area is 139 Å². The van der Waals surface area contributed by atoms with Gasteiger partial charge in [0.1, 0.15) is 5.75 Å². The summed E-state index contributed by atoms with van der Waals surface area (Å²) in [6.07, 6.45) is 0. The summed E-state index contributed by atoms with van der Waals surface area (Å²) in [7, 11) is 0. The predicted octanol–water partition coefficient (Wildman–Crippen LogP) is 1.47. The van der Waals surface area contributed by atoms with Crippen molar-refractivity contribution in [1.29, 1.82) is 5.26 Å². The number of ether oxygens (including phenoxy) is 1. The number of amides is 2. The minimum atomic E-state index is -0.554. The molecule has 0 spiro atoms. The molecule has 0 heterocycles. The lowest BCUT2D eigenvalue weighted by molar-refractivity contribution is -0.120. The molecule has 122 valence electrons. The van der Waals surface area contributed by atoms with Crippen molar-refractivity contribution in [3.8, 4) is 11.8 Å². The summed E-state index contributed by atoms with van der Waals surface area (Å²) in [4.78, 5) is 22.5. The number of nitrogens with zero attached hydrogens (tertiary/aromatic N) is 1. The molecule has 2 aromatic carbocycles. The van der Waals surface area contributed by atoms with Crippen LogP contribution in [-0.2, 0) is 9.59 Å². The number of carbonyl (C=O) groups is 2. The van der Waals surface area contributed by atoms with Gasteiger partial charge in [-0.25, -0.2) is 0 Å². The van der Waals surface area contributed by atoms with Gasteiger partial charge < -0.3 is 21.1 Å². The van der Waals surface area contributed by atoms with E-state index in [4.69, 9.17) is 15.7 Å². The number of hydrogen-bond donors (Lipinski definition) is 3. The van der Waals surface area contributed by atoms with E-state index in [9.17, 15) is 9.59 Å². The third-order valence-electron chi connectivity index (χ3n) is 2.99. The molecule has 0 aliphatic heterocycles. The zero-order chi connectivity index (χ0) is 17.4. The van der Waals surface area contributed by atoms with E-state index < -0.39 is 5.91 Å². The molecule has 0 aliphatic rings. The van der Waals surface area contributed by atoms with Crippen LogP contribution in [0, 0.1) is 11.3 Å². The van der Waals surface area contributed by atoms with Crippen LogP contribution in [-0.4, -0.2) is 25.0 Å². The second kappa shape index (κ2) is 8.19. The summed E-state index contributed by atoms with van der Waals surface area (Å²) in [5.41, 5.74) is 6.90. The first kappa shape index (κ1) is 16.8. The van der Waals surface area contributed by atoms with Crippen LogP contribution in [0.3, 0.4) is 0 Å². The number of anilines is 2. The number of nitrogens with two attached hydrogens (primary N) is 1. The normalized spacial score (nSPS) is 9.62. The van der Waals surface area contributed by atoms with Gasteiger partial charge in [-0.05, 0) is 48.5 Å². The van der Waals surface area contributed by atoms with Crippen LogP contribution in [0.2, 0.25) is 0 Å². The van der Waals surface area contributed by atoms with Crippen LogP contribution in [0.15, 0.2) is 48.5 Å². The third kappa shape index (κ3) is 5.35. The van der Waals surface area contributed by atoms with E-state index in [-0.39, 0.29) is 19.1 Å². The monoisotopic (exact) mass is 324 g/mol. The number of carbonyl (C=O) groups excluding carboxylic acids is 2. The maximum absolute atomic E-state index is 11.9. The molecular weight excluding hydrogens is 308 g/mol. The van der Waals surface area contributed by atoms with Gasteiger partial charge in [0, 0.05) is 11.4 Å². The molecule has 0 aliphatic carbocycles. The number of nitrogens with one attached hydrogen (secondary N) is 2. The maximum Gasteiger partial charge on any atom is 0.255 e. The zero-order valence-corrected chi connectivity index (χ0v) is 12.8. The Morgan fingerprint density at radius 3 is 2.25 bits per heavy atom. The van der Waals surface area contributed by atoms with Crippen molar-refractivity contribution in [2.24, 2.45) is 5.73 Å². The Hall–Kier alpha value is -3.53. The van der Waals surface area contributed by atoms with E-state index in [0.29, 0.717) is 17.0 Å². The van der Waals surface area contributed by atoms with Crippen molar-refractivity contribution >= 4 is 23.2 Å². The first-order valence-corrected chi connectivity index (χ1v) is 7.12. The van der Waals surface area contributed by atoms with E-state index >= 15 is 0 Å². The van der Waals surface area contributed by atoms with E-state index in [1.54, 1.807) is 48.5 Å². The number of rotatable bonds is 7. The highest BCUT2D eigenvalue weighted by atomic mass is 16.5. The highest BCUT2D eigenvalue weighted by molar-refractivity contribution is 5.93. The topological polar surface area (TPSA) is 117 Å². The highest BCUT2D eigenvalue weighted by Gasteiger charge is 2.03. The van der Waals surface area contributed by atoms with E-state index in [0.717, 1.165) is 5.69 Å². The van der Waals surface area contributed by atoms with Crippen molar-refractivity contribution in [1.82, 2.24) is 0 Å². The lowest BCUT2D eigenvalue weighted by atomic mass is 10.2. The first-order valence-electron chi connectivity index (χ1n) is 7.12. The van der Waals surface area contributed by atoms with Crippen molar-refractivity contribution in [3.05, 3.63) is 54.1 Å². The van der Waals surface area contributed by atoms with Crippen LogP contribution in [0.25, 0.3) is 0 Å². The number of nitriles is 1. The van der Waals surface area contributed by atoms with E-state index in [1.807, 2.05) is 6.07 Å². The second-order valence-electron chi connectivity index (χ2n) is 4.87. The van der Waals surface area contributed by atoms with Gasteiger partial charge in [-0.3, -0.25) is 9.59 Å². The highest BCUT2D eigenvalue weighted by Crippen LogP contribution is 2.15. The Morgan fingerprint density at radius 2 is 1.67 bits per heavy atom. The Morgan fingerprint density at radius 1 is 1.04 bits per heavy atom. The molecule has 2 rings (SSSR count). The van der Waals surface area contributed by atoms with Crippen LogP contribution < -0.4 is 21.1 Å². The molecule has 7 heteroatoms. The fourth-order valence-electron chi connectivity index (χ4n) is 1.84. The molecule has 0 unspecified atom stereocenters. The van der Waals surface area contributed by atoms with Crippen LogP contribution >= 0.6 is 0 Å². The summed E-state index contributed by atoms with van der Waals surface area (Å²) in [6, 6.07) is 15.4. The van der Waals surface area contributed by atoms with Gasteiger partial charge in [-0.15, -0.1) is 0 Å². The van der Waals surface area contributed by atoms with Gasteiger partial charge in [0.15, 0.2) is 6.61 Å². The number of benzene rings is 2. The minimum Gasteiger partial charge on any atom is -0.484 e. The van der Waals surface area contributed by atoms with Crippen LogP contribution in [0.1, 0.15) is 5.56 Å². The van der Waals surface area contributed by atoms with Gasteiger partial charge in [-0.1, -0.05) is 0 Å². The standard InChI is InChI=1S/C17H16N4O3/c18-9-12-1-3-13(4-2-12)20-10-17(23)21-14-5-7-15(8-6-14)24-11-16(19)22/h1-8,20H,10-11H2,(H2,19,22)(H,21,23). The van der Waals surface area contributed by atoms with Crippen LogP contribution in [0.5, 0.6) is 5.75 Å². The smallest absolute Gasteiger partial charge is 0.255 e. The molecule has 7 nitrogen and oxygen atoms in total. The summed E-state index contributed by atoms with van der Waals surface area (Å²) in [5, 5.41) is 14.4. The van der Waals surface area contributed by atoms with E-state index in [2.05, 4.69) is 10.6 Å². The molecule has 4 N–H and O–H groups in total. The van der Waals surface area contributed by atoms with Crippen molar-refractivity contribution < 1.29 is 14.3 Å². The fourth-order valence-corrected chi connectivity index (χ4v) is 1.84. The zero-order valence-electron chi connectivity index (χ0n) is 12.8.